The first kappa shape index (κ1) is 12.6. The number of benzene rings is 1. The molecule has 2 aromatic rings. The first-order chi connectivity index (χ1) is 8.35. The van der Waals surface area contributed by atoms with E-state index in [2.05, 4.69) is 30.9 Å². The Morgan fingerprint density at radius 1 is 1.28 bits per heavy atom. The van der Waals surface area contributed by atoms with Gasteiger partial charge in [0.2, 0.25) is 0 Å². The van der Waals surface area contributed by atoms with Crippen LogP contribution in [-0.2, 0) is 6.42 Å². The lowest BCUT2D eigenvalue weighted by molar-refractivity contribution is 0.374. The molecular weight excluding hydrogens is 228 g/mol. The standard InChI is InChI=1S/C14H18N2O2/c1-9-5-6-11(17)10(7-9)13-15-12(16-18-13)8-14(2,3)4/h5-7,17H,8H2,1-4H3. The molecule has 0 aliphatic carbocycles. The number of aryl methyl sites for hydroxylation is 1. The van der Waals surface area contributed by atoms with Gasteiger partial charge in [0.1, 0.15) is 5.75 Å². The minimum absolute atomic E-state index is 0.107. The van der Waals surface area contributed by atoms with Crippen LogP contribution in [0.4, 0.5) is 0 Å². The van der Waals surface area contributed by atoms with E-state index in [0.717, 1.165) is 12.0 Å². The Morgan fingerprint density at radius 3 is 2.67 bits per heavy atom. The molecule has 4 nitrogen and oxygen atoms in total. The van der Waals surface area contributed by atoms with Crippen molar-refractivity contribution >= 4 is 0 Å². The summed E-state index contributed by atoms with van der Waals surface area (Å²) in [6.07, 6.45) is 0.739. The molecule has 96 valence electrons. The molecule has 1 aromatic heterocycles. The number of hydrogen-bond donors (Lipinski definition) is 1. The zero-order valence-corrected chi connectivity index (χ0v) is 11.2. The van der Waals surface area contributed by atoms with Crippen LogP contribution in [-0.4, -0.2) is 15.2 Å². The number of aromatic nitrogens is 2. The molecule has 0 amide bonds. The van der Waals surface area contributed by atoms with Crippen molar-refractivity contribution in [3.8, 4) is 17.2 Å². The molecule has 1 heterocycles. The first-order valence-electron chi connectivity index (χ1n) is 5.98. The summed E-state index contributed by atoms with van der Waals surface area (Å²) in [7, 11) is 0. The molecule has 0 aliphatic heterocycles. The highest BCUT2D eigenvalue weighted by Gasteiger charge is 2.18. The minimum Gasteiger partial charge on any atom is -0.507 e. The third-order valence-corrected chi connectivity index (χ3v) is 2.54. The van der Waals surface area contributed by atoms with Gasteiger partial charge in [0.05, 0.1) is 5.56 Å². The average molecular weight is 246 g/mol. The van der Waals surface area contributed by atoms with Gasteiger partial charge in [-0.15, -0.1) is 0 Å². The number of hydrogen-bond acceptors (Lipinski definition) is 4. The van der Waals surface area contributed by atoms with Crippen molar-refractivity contribution in [1.29, 1.82) is 0 Å². The van der Waals surface area contributed by atoms with E-state index in [1.165, 1.54) is 0 Å². The molecule has 0 fully saturated rings. The van der Waals surface area contributed by atoms with E-state index in [0.29, 0.717) is 17.3 Å². The zero-order chi connectivity index (χ0) is 13.3. The first-order valence-corrected chi connectivity index (χ1v) is 5.98. The molecule has 1 N–H and O–H groups in total. The Hall–Kier alpha value is -1.84. The maximum atomic E-state index is 9.80. The van der Waals surface area contributed by atoms with Crippen LogP contribution < -0.4 is 0 Å². The van der Waals surface area contributed by atoms with Crippen LogP contribution in [0.1, 0.15) is 32.2 Å². The van der Waals surface area contributed by atoms with E-state index in [1.807, 2.05) is 19.1 Å². The summed E-state index contributed by atoms with van der Waals surface area (Å²) in [5, 5.41) is 13.8. The lowest BCUT2D eigenvalue weighted by atomic mass is 9.92. The average Bonchev–Trinajstić information content (AvgIpc) is 2.67. The fourth-order valence-corrected chi connectivity index (χ4v) is 1.73. The molecule has 0 saturated heterocycles. The van der Waals surface area contributed by atoms with Gasteiger partial charge in [-0.25, -0.2) is 0 Å². The molecule has 0 unspecified atom stereocenters. The second kappa shape index (κ2) is 4.44. The molecule has 2 rings (SSSR count). The van der Waals surface area contributed by atoms with Crippen molar-refractivity contribution in [3.63, 3.8) is 0 Å². The van der Waals surface area contributed by atoms with Crippen LogP contribution in [0, 0.1) is 12.3 Å². The summed E-state index contributed by atoms with van der Waals surface area (Å²) in [5.41, 5.74) is 1.73. The lowest BCUT2D eigenvalue weighted by Gasteiger charge is -2.14. The fourth-order valence-electron chi connectivity index (χ4n) is 1.73. The van der Waals surface area contributed by atoms with Crippen molar-refractivity contribution in [2.45, 2.75) is 34.1 Å². The molecular formula is C14H18N2O2. The molecule has 1 aromatic carbocycles. The van der Waals surface area contributed by atoms with Crippen LogP contribution in [0.5, 0.6) is 5.75 Å². The van der Waals surface area contributed by atoms with E-state index in [-0.39, 0.29) is 11.2 Å². The number of phenols is 1. The SMILES string of the molecule is Cc1ccc(O)c(-c2nc(CC(C)(C)C)no2)c1. The summed E-state index contributed by atoms with van der Waals surface area (Å²) in [5.74, 6) is 1.19. The van der Waals surface area contributed by atoms with Gasteiger partial charge in [0, 0.05) is 6.42 Å². The van der Waals surface area contributed by atoms with Gasteiger partial charge in [0.15, 0.2) is 5.82 Å². The maximum absolute atomic E-state index is 9.80. The van der Waals surface area contributed by atoms with Crippen LogP contribution in [0.15, 0.2) is 22.7 Å². The van der Waals surface area contributed by atoms with Crippen LogP contribution in [0.25, 0.3) is 11.5 Å². The molecule has 0 atom stereocenters. The predicted octanol–water partition coefficient (Wildman–Crippen LogP) is 3.34. The third-order valence-electron chi connectivity index (χ3n) is 2.54. The molecule has 18 heavy (non-hydrogen) atoms. The Kier molecular flexibility index (Phi) is 3.11. The summed E-state index contributed by atoms with van der Waals surface area (Å²) >= 11 is 0. The van der Waals surface area contributed by atoms with E-state index in [4.69, 9.17) is 4.52 Å². The van der Waals surface area contributed by atoms with Gasteiger partial charge < -0.3 is 9.63 Å². The highest BCUT2D eigenvalue weighted by Crippen LogP contribution is 2.29. The highest BCUT2D eigenvalue weighted by atomic mass is 16.5. The Labute approximate surface area is 107 Å². The van der Waals surface area contributed by atoms with Crippen LogP contribution >= 0.6 is 0 Å². The molecule has 4 heteroatoms. The van der Waals surface area contributed by atoms with Crippen molar-refractivity contribution in [2.24, 2.45) is 5.41 Å². The molecule has 0 saturated carbocycles. The Bertz CT molecular complexity index is 553. The van der Waals surface area contributed by atoms with Gasteiger partial charge in [-0.05, 0) is 24.5 Å². The second-order valence-corrected chi connectivity index (χ2v) is 5.77. The highest BCUT2D eigenvalue weighted by molar-refractivity contribution is 5.62. The van der Waals surface area contributed by atoms with E-state index in [1.54, 1.807) is 6.07 Å². The molecule has 0 aliphatic rings. The minimum atomic E-state index is 0.107. The van der Waals surface area contributed by atoms with Gasteiger partial charge >= 0.3 is 0 Å². The van der Waals surface area contributed by atoms with Crippen molar-refractivity contribution in [2.75, 3.05) is 0 Å². The Balaban J connectivity index is 2.32. The van der Waals surface area contributed by atoms with E-state index < -0.39 is 0 Å². The molecule has 0 spiro atoms. The van der Waals surface area contributed by atoms with Gasteiger partial charge in [-0.3, -0.25) is 0 Å². The second-order valence-electron chi connectivity index (χ2n) is 5.77. The van der Waals surface area contributed by atoms with Crippen molar-refractivity contribution < 1.29 is 9.63 Å². The topological polar surface area (TPSA) is 59.2 Å². The maximum Gasteiger partial charge on any atom is 0.261 e. The van der Waals surface area contributed by atoms with E-state index in [9.17, 15) is 5.11 Å². The number of phenolic OH excluding ortho intramolecular Hbond substituents is 1. The van der Waals surface area contributed by atoms with Crippen molar-refractivity contribution in [3.05, 3.63) is 29.6 Å². The van der Waals surface area contributed by atoms with Crippen molar-refractivity contribution in [1.82, 2.24) is 10.1 Å². The zero-order valence-electron chi connectivity index (χ0n) is 11.2. The molecule has 0 radical (unpaired) electrons. The molecule has 0 bridgehead atoms. The smallest absolute Gasteiger partial charge is 0.261 e. The number of rotatable bonds is 2. The summed E-state index contributed by atoms with van der Waals surface area (Å²) in [4.78, 5) is 4.33. The monoisotopic (exact) mass is 246 g/mol. The largest absolute Gasteiger partial charge is 0.507 e. The third kappa shape index (κ3) is 2.88. The Morgan fingerprint density at radius 2 is 2.00 bits per heavy atom. The van der Waals surface area contributed by atoms with Gasteiger partial charge in [-0.2, -0.15) is 4.98 Å². The lowest BCUT2D eigenvalue weighted by Crippen LogP contribution is -2.10. The summed E-state index contributed by atoms with van der Waals surface area (Å²) < 4.78 is 5.21. The van der Waals surface area contributed by atoms with E-state index >= 15 is 0 Å². The normalized spacial score (nSPS) is 11.8. The fraction of sp³-hybridized carbons (Fsp3) is 0.429. The number of aromatic hydroxyl groups is 1. The van der Waals surface area contributed by atoms with Gasteiger partial charge in [0.25, 0.3) is 5.89 Å². The van der Waals surface area contributed by atoms with Gasteiger partial charge in [-0.1, -0.05) is 37.6 Å². The van der Waals surface area contributed by atoms with Crippen LogP contribution in [0.2, 0.25) is 0 Å². The summed E-state index contributed by atoms with van der Waals surface area (Å²) in [6, 6.07) is 5.31. The predicted molar refractivity (Wildman–Crippen MR) is 69.3 cm³/mol. The summed E-state index contributed by atoms with van der Waals surface area (Å²) in [6.45, 7) is 8.31. The van der Waals surface area contributed by atoms with Crippen LogP contribution in [0.3, 0.4) is 0 Å². The quantitative estimate of drug-likeness (QED) is 0.882. The number of nitrogens with zero attached hydrogens (tertiary/aromatic N) is 2.